The fraction of sp³-hybridized carbons (Fsp3) is 0.545. The summed E-state index contributed by atoms with van der Waals surface area (Å²) < 4.78 is 15.3. The summed E-state index contributed by atoms with van der Waals surface area (Å²) in [6.45, 7) is 11.3. The van der Waals surface area contributed by atoms with Gasteiger partial charge in [-0.05, 0) is 125 Å². The molecule has 14 heteroatoms. The van der Waals surface area contributed by atoms with Crippen LogP contribution in [0.3, 0.4) is 0 Å². The summed E-state index contributed by atoms with van der Waals surface area (Å²) in [6, 6.07) is 7.89. The van der Waals surface area contributed by atoms with Crippen LogP contribution in [-0.4, -0.2) is 99.1 Å². The highest BCUT2D eigenvalue weighted by atomic mass is 32.1. The van der Waals surface area contributed by atoms with Crippen LogP contribution in [0.2, 0.25) is 0 Å². The molecule has 0 radical (unpaired) electrons. The molecule has 2 aromatic heterocycles. The van der Waals surface area contributed by atoms with E-state index in [1.807, 2.05) is 54.4 Å². The number of likely N-dealkylation sites (N-methyl/N-ethyl adjacent to an activating group) is 1. The molecule has 4 aliphatic carbocycles. The van der Waals surface area contributed by atoms with E-state index in [-0.39, 0.29) is 22.1 Å². The zero-order valence-electron chi connectivity index (χ0n) is 34.6. The molecule has 4 heterocycles. The van der Waals surface area contributed by atoms with E-state index in [1.54, 1.807) is 7.11 Å². The molecular weight excluding hydrogens is 751 g/mol. The molecular formula is C44H59N9O4S. The van der Waals surface area contributed by atoms with Gasteiger partial charge in [-0.3, -0.25) is 10.1 Å². The van der Waals surface area contributed by atoms with Gasteiger partial charge in [0.15, 0.2) is 0 Å². The first kappa shape index (κ1) is 40.3. The Bertz CT molecular complexity index is 2200. The third kappa shape index (κ3) is 7.95. The van der Waals surface area contributed by atoms with Crippen LogP contribution in [0, 0.1) is 29.1 Å². The maximum absolute atomic E-state index is 10.7. The van der Waals surface area contributed by atoms with Gasteiger partial charge in [-0.1, -0.05) is 30.4 Å². The van der Waals surface area contributed by atoms with Crippen molar-refractivity contribution < 1.29 is 19.7 Å². The van der Waals surface area contributed by atoms with Crippen molar-refractivity contribution in [2.45, 2.75) is 90.7 Å². The molecule has 4 atom stereocenters. The number of para-hydroxylation sites is 1. The van der Waals surface area contributed by atoms with Gasteiger partial charge in [0.1, 0.15) is 23.2 Å². The van der Waals surface area contributed by atoms with Crippen LogP contribution in [0.15, 0.2) is 76.2 Å². The Morgan fingerprint density at radius 3 is 2.74 bits per heavy atom. The highest BCUT2D eigenvalue weighted by molar-refractivity contribution is 7.22. The first-order valence-electron chi connectivity index (χ1n) is 20.7. The van der Waals surface area contributed by atoms with E-state index in [9.17, 15) is 15.6 Å². The van der Waals surface area contributed by atoms with Gasteiger partial charge >= 0.3 is 0 Å². The molecule has 5 fully saturated rings. The Kier molecular flexibility index (Phi) is 11.1. The molecule has 58 heavy (non-hydrogen) atoms. The molecule has 2 aliphatic heterocycles. The topological polar surface area (TPSA) is 170 Å². The van der Waals surface area contributed by atoms with Crippen molar-refractivity contribution >= 4 is 43.9 Å². The smallest absolute Gasteiger partial charge is 0.299 e. The molecule has 310 valence electrons. The number of aromatic nitrogens is 3. The van der Waals surface area contributed by atoms with Crippen molar-refractivity contribution in [3.63, 3.8) is 0 Å². The number of dihydropyridines is 1. The number of amidine groups is 2. The van der Waals surface area contributed by atoms with E-state index in [2.05, 4.69) is 45.8 Å². The van der Waals surface area contributed by atoms with Crippen LogP contribution in [0.4, 0.5) is 5.13 Å². The first-order valence-corrected chi connectivity index (χ1v) is 21.5. The SMILES string of the molecule is COCCCN(C)CCOC12CC3CC(Cn4ncc(C5=CC=C(N6CCC/C(=C(C)/C(N)=N\c7nc8ccccc8s7)C6=N)NC5=C(O)O)c4C)(C1)C[C@](C)(C3)C2. The van der Waals surface area contributed by atoms with E-state index in [0.29, 0.717) is 47.1 Å². The molecule has 6 N–H and O–H groups in total. The molecule has 3 aromatic rings. The largest absolute Gasteiger partial charge is 0.480 e. The summed E-state index contributed by atoms with van der Waals surface area (Å²) in [5.74, 6) is 1.04. The van der Waals surface area contributed by atoms with Crippen molar-refractivity contribution in [1.82, 2.24) is 29.9 Å². The first-order chi connectivity index (χ1) is 27.8. The molecule has 0 amide bonds. The fourth-order valence-corrected chi connectivity index (χ4v) is 12.1. The summed E-state index contributed by atoms with van der Waals surface area (Å²) in [4.78, 5) is 13.4. The molecule has 6 aliphatic rings. The molecule has 4 bridgehead atoms. The summed E-state index contributed by atoms with van der Waals surface area (Å²) in [6.07, 6.45) is 15.1. The zero-order chi connectivity index (χ0) is 40.8. The van der Waals surface area contributed by atoms with Gasteiger partial charge in [0, 0.05) is 62.3 Å². The van der Waals surface area contributed by atoms with Crippen LogP contribution in [0.25, 0.3) is 15.8 Å². The predicted octanol–water partition coefficient (Wildman–Crippen LogP) is 7.71. The van der Waals surface area contributed by atoms with Crippen molar-refractivity contribution in [2.24, 2.45) is 27.5 Å². The molecule has 3 unspecified atom stereocenters. The van der Waals surface area contributed by atoms with E-state index in [1.165, 1.54) is 30.6 Å². The molecule has 4 saturated carbocycles. The number of benzene rings is 1. The lowest BCUT2D eigenvalue weighted by Crippen LogP contribution is -2.61. The lowest BCUT2D eigenvalue weighted by molar-refractivity contribution is -0.223. The van der Waals surface area contributed by atoms with Crippen molar-refractivity contribution in [3.05, 3.63) is 82.5 Å². The number of thiazole rings is 1. The number of nitrogens with one attached hydrogen (secondary N) is 2. The van der Waals surface area contributed by atoms with Gasteiger partial charge in [-0.15, -0.1) is 0 Å². The Morgan fingerprint density at radius 2 is 1.97 bits per heavy atom. The standard InChI is InChI=1S/C44H59N9O4S/c1-28(38(45)50-41-48-34-11-6-7-12-35(34)58-41)31-10-8-16-52(39(31)46)36-14-13-32(37(49-36)40(54)55)33-23-47-53(29(33)2)27-43-21-30-20-42(3,24-43)25-44(22-30,26-43)57-19-17-51(4)15-9-18-56-5/h6-7,11-14,23,30,46,49,54-55H,8-10,15-22,24-27H2,1-5H3,(H2,45,48,50)/b31-28-,46-39?/t30?,42-,43?,44?/m0/s1. The number of methoxy groups -OCH3 is 1. The maximum atomic E-state index is 10.7. The van der Waals surface area contributed by atoms with Crippen LogP contribution in [0.5, 0.6) is 0 Å². The number of fused-ring (bicyclic) bond motifs is 1. The Hall–Kier alpha value is -4.50. The highest BCUT2D eigenvalue weighted by Crippen LogP contribution is 2.68. The number of nitrogens with two attached hydrogens (primary N) is 1. The van der Waals surface area contributed by atoms with Crippen LogP contribution in [0.1, 0.15) is 82.9 Å². The number of aliphatic hydroxyl groups is 2. The van der Waals surface area contributed by atoms with Gasteiger partial charge in [0.25, 0.3) is 5.95 Å². The second-order valence-corrected chi connectivity index (χ2v) is 18.9. The number of likely N-dealkylation sites (tertiary alicyclic amines) is 1. The van der Waals surface area contributed by atoms with Crippen molar-refractivity contribution in [2.75, 3.05) is 47.0 Å². The summed E-state index contributed by atoms with van der Waals surface area (Å²) in [7, 11) is 3.92. The van der Waals surface area contributed by atoms with Crippen LogP contribution in [-0.2, 0) is 16.0 Å². The second kappa shape index (κ2) is 15.9. The number of aliphatic hydroxyl groups excluding tert-OH is 1. The van der Waals surface area contributed by atoms with E-state index in [0.717, 1.165) is 97.6 Å². The molecule has 1 aromatic carbocycles. The number of hydrogen-bond acceptors (Lipinski definition) is 11. The molecule has 0 spiro atoms. The molecule has 13 nitrogen and oxygen atoms in total. The maximum Gasteiger partial charge on any atom is 0.299 e. The lowest BCUT2D eigenvalue weighted by atomic mass is 9.43. The number of ether oxygens (including phenoxy) is 2. The third-order valence-electron chi connectivity index (χ3n) is 13.2. The van der Waals surface area contributed by atoms with Gasteiger partial charge < -0.3 is 40.5 Å². The highest BCUT2D eigenvalue weighted by Gasteiger charge is 2.62. The second-order valence-electron chi connectivity index (χ2n) is 17.9. The Balaban J connectivity index is 0.994. The molecule has 1 saturated heterocycles. The van der Waals surface area contributed by atoms with Gasteiger partial charge in [0.05, 0.1) is 28.6 Å². The third-order valence-corrected chi connectivity index (χ3v) is 14.1. The van der Waals surface area contributed by atoms with Gasteiger partial charge in [0.2, 0.25) is 5.13 Å². The summed E-state index contributed by atoms with van der Waals surface area (Å²) >= 11 is 1.48. The summed E-state index contributed by atoms with van der Waals surface area (Å²) in [5, 5.41) is 39.3. The Labute approximate surface area is 345 Å². The minimum Gasteiger partial charge on any atom is -0.480 e. The van der Waals surface area contributed by atoms with E-state index in [4.69, 9.17) is 20.3 Å². The number of hydrogen-bond donors (Lipinski definition) is 5. The summed E-state index contributed by atoms with van der Waals surface area (Å²) in [5.41, 5.74) is 11.8. The number of aliphatic imine (C=N–C) groups is 1. The number of nitrogens with zero attached hydrogens (tertiary/aromatic N) is 6. The lowest BCUT2D eigenvalue weighted by Gasteiger charge is -2.65. The fourth-order valence-electron chi connectivity index (χ4n) is 11.3. The average Bonchev–Trinajstić information content (AvgIpc) is 3.75. The van der Waals surface area contributed by atoms with Crippen molar-refractivity contribution in [1.29, 1.82) is 5.41 Å². The molecule has 9 rings (SSSR count). The number of allylic oxidation sites excluding steroid dienone is 3. The van der Waals surface area contributed by atoms with E-state index >= 15 is 0 Å². The van der Waals surface area contributed by atoms with Gasteiger partial charge in [-0.25, -0.2) is 9.98 Å². The predicted molar refractivity (Wildman–Crippen MR) is 230 cm³/mol. The van der Waals surface area contributed by atoms with Gasteiger partial charge in [-0.2, -0.15) is 5.10 Å². The Morgan fingerprint density at radius 1 is 1.14 bits per heavy atom. The van der Waals surface area contributed by atoms with Crippen molar-refractivity contribution in [3.8, 4) is 0 Å². The van der Waals surface area contributed by atoms with E-state index < -0.39 is 5.95 Å². The number of piperidine rings is 1. The average molecular weight is 810 g/mol. The minimum atomic E-state index is -0.816. The quantitative estimate of drug-likeness (QED) is 0.0471. The van der Waals surface area contributed by atoms with Crippen LogP contribution < -0.4 is 11.1 Å². The minimum absolute atomic E-state index is 0.0915. The monoisotopic (exact) mass is 809 g/mol. The van der Waals surface area contributed by atoms with Crippen LogP contribution >= 0.6 is 11.3 Å². The normalized spacial score (nSPS) is 28.0. The zero-order valence-corrected chi connectivity index (χ0v) is 35.4. The number of rotatable bonds is 14.